The van der Waals surface area contributed by atoms with Crippen molar-refractivity contribution in [2.75, 3.05) is 5.32 Å². The number of aromatic nitrogens is 3. The molecule has 0 radical (unpaired) electrons. The van der Waals surface area contributed by atoms with E-state index >= 15 is 0 Å². The number of hydrogen-bond acceptors (Lipinski definition) is 5. The molecule has 2 heterocycles. The predicted molar refractivity (Wildman–Crippen MR) is 84.3 cm³/mol. The molecule has 0 spiro atoms. The maximum atomic E-state index is 4.56. The first-order valence-electron chi connectivity index (χ1n) is 7.15. The molecule has 5 heteroatoms. The van der Waals surface area contributed by atoms with Gasteiger partial charge in [-0.25, -0.2) is 15.0 Å². The van der Waals surface area contributed by atoms with Crippen LogP contribution >= 0.6 is 11.3 Å². The number of rotatable bonds is 6. The van der Waals surface area contributed by atoms with Crippen molar-refractivity contribution in [3.8, 4) is 0 Å². The lowest BCUT2D eigenvalue weighted by atomic mass is 10.2. The van der Waals surface area contributed by atoms with Crippen LogP contribution in [0.25, 0.3) is 0 Å². The number of aryl methyl sites for hydroxylation is 4. The van der Waals surface area contributed by atoms with E-state index in [0.29, 0.717) is 0 Å². The largest absolute Gasteiger partial charge is 0.365 e. The van der Waals surface area contributed by atoms with Crippen LogP contribution < -0.4 is 5.32 Å². The molecular weight excluding hydrogens is 268 g/mol. The summed E-state index contributed by atoms with van der Waals surface area (Å²) in [5, 5.41) is 4.59. The smallest absolute Gasteiger partial charge is 0.133 e. The maximum Gasteiger partial charge on any atom is 0.133 e. The summed E-state index contributed by atoms with van der Waals surface area (Å²) in [5.41, 5.74) is 2.39. The molecule has 0 saturated heterocycles. The Morgan fingerprint density at radius 1 is 1.20 bits per heavy atom. The molecule has 0 atom stereocenters. The Bertz CT molecular complexity index is 577. The van der Waals surface area contributed by atoms with Gasteiger partial charge in [-0.15, -0.1) is 11.3 Å². The fourth-order valence-electron chi connectivity index (χ4n) is 2.19. The summed E-state index contributed by atoms with van der Waals surface area (Å²) in [7, 11) is 0. The lowest BCUT2D eigenvalue weighted by Gasteiger charge is -2.10. The van der Waals surface area contributed by atoms with E-state index in [-0.39, 0.29) is 0 Å². The van der Waals surface area contributed by atoms with Crippen LogP contribution in [0.5, 0.6) is 0 Å². The molecule has 0 unspecified atom stereocenters. The predicted octanol–water partition coefficient (Wildman–Crippen LogP) is 3.68. The van der Waals surface area contributed by atoms with E-state index in [2.05, 4.69) is 41.0 Å². The van der Waals surface area contributed by atoms with Crippen LogP contribution in [-0.4, -0.2) is 15.0 Å². The minimum Gasteiger partial charge on any atom is -0.365 e. The molecule has 2 aromatic rings. The zero-order valence-electron chi connectivity index (χ0n) is 12.7. The maximum absolute atomic E-state index is 4.56. The van der Waals surface area contributed by atoms with Gasteiger partial charge < -0.3 is 5.32 Å². The Labute approximate surface area is 124 Å². The van der Waals surface area contributed by atoms with Gasteiger partial charge in [0.1, 0.15) is 11.6 Å². The van der Waals surface area contributed by atoms with Crippen LogP contribution in [-0.2, 0) is 19.4 Å². The summed E-state index contributed by atoms with van der Waals surface area (Å²) in [5.74, 6) is 1.77. The van der Waals surface area contributed by atoms with Gasteiger partial charge in [-0.3, -0.25) is 0 Å². The molecule has 0 aliphatic rings. The van der Waals surface area contributed by atoms with E-state index in [4.69, 9.17) is 0 Å². The second kappa shape index (κ2) is 6.79. The SMILES string of the molecule is CCCc1cnc(C)nc1NCc1sc(C)nc1CC. The van der Waals surface area contributed by atoms with Gasteiger partial charge in [-0.1, -0.05) is 20.3 Å². The topological polar surface area (TPSA) is 50.7 Å². The van der Waals surface area contributed by atoms with Gasteiger partial charge in [0.15, 0.2) is 0 Å². The minimum absolute atomic E-state index is 0.793. The van der Waals surface area contributed by atoms with E-state index < -0.39 is 0 Å². The molecular formula is C15H22N4S. The normalized spacial score (nSPS) is 10.8. The Hall–Kier alpha value is -1.49. The molecule has 0 aliphatic heterocycles. The second-order valence-corrected chi connectivity index (χ2v) is 6.14. The van der Waals surface area contributed by atoms with Crippen LogP contribution in [0.1, 0.15) is 47.2 Å². The number of nitrogens with zero attached hydrogens (tertiary/aromatic N) is 3. The fraction of sp³-hybridized carbons (Fsp3) is 0.533. The molecule has 1 N–H and O–H groups in total. The van der Waals surface area contributed by atoms with Crippen molar-refractivity contribution >= 4 is 17.2 Å². The highest BCUT2D eigenvalue weighted by Gasteiger charge is 2.09. The first-order valence-corrected chi connectivity index (χ1v) is 7.97. The Morgan fingerprint density at radius 2 is 2.00 bits per heavy atom. The van der Waals surface area contributed by atoms with Crippen molar-refractivity contribution in [3.63, 3.8) is 0 Å². The zero-order valence-corrected chi connectivity index (χ0v) is 13.5. The molecule has 2 aromatic heterocycles. The number of nitrogens with one attached hydrogen (secondary N) is 1. The van der Waals surface area contributed by atoms with Gasteiger partial charge in [-0.2, -0.15) is 0 Å². The second-order valence-electron chi connectivity index (χ2n) is 4.85. The first kappa shape index (κ1) is 14.9. The van der Waals surface area contributed by atoms with Crippen LogP contribution in [0.2, 0.25) is 0 Å². The van der Waals surface area contributed by atoms with Crippen LogP contribution in [0.15, 0.2) is 6.20 Å². The zero-order chi connectivity index (χ0) is 14.5. The molecule has 108 valence electrons. The molecule has 4 nitrogen and oxygen atoms in total. The highest BCUT2D eigenvalue weighted by molar-refractivity contribution is 7.11. The van der Waals surface area contributed by atoms with E-state index in [1.807, 2.05) is 13.1 Å². The minimum atomic E-state index is 0.793. The van der Waals surface area contributed by atoms with E-state index in [1.54, 1.807) is 11.3 Å². The molecule has 0 amide bonds. The molecule has 0 fully saturated rings. The van der Waals surface area contributed by atoms with Gasteiger partial charge in [0.2, 0.25) is 0 Å². The summed E-state index contributed by atoms with van der Waals surface area (Å²) >= 11 is 1.76. The molecule has 0 saturated carbocycles. The average molecular weight is 290 g/mol. The van der Waals surface area contributed by atoms with Gasteiger partial charge >= 0.3 is 0 Å². The highest BCUT2D eigenvalue weighted by Crippen LogP contribution is 2.21. The Morgan fingerprint density at radius 3 is 2.70 bits per heavy atom. The summed E-state index contributed by atoms with van der Waals surface area (Å²) in [6.07, 6.45) is 5.02. The van der Waals surface area contributed by atoms with Gasteiger partial charge in [0.25, 0.3) is 0 Å². The lowest BCUT2D eigenvalue weighted by Crippen LogP contribution is -2.07. The van der Waals surface area contributed by atoms with Crippen molar-refractivity contribution in [2.45, 2.75) is 53.5 Å². The molecule has 0 bridgehead atoms. The standard InChI is InChI=1S/C15H22N4S/c1-5-7-12-8-16-10(3)18-15(12)17-9-14-13(6-2)19-11(4)20-14/h8H,5-7,9H2,1-4H3,(H,16,17,18). The van der Waals surface area contributed by atoms with E-state index in [0.717, 1.165) is 42.5 Å². The third kappa shape index (κ3) is 3.54. The third-order valence-corrected chi connectivity index (χ3v) is 4.15. The van der Waals surface area contributed by atoms with Gasteiger partial charge in [0.05, 0.1) is 17.2 Å². The third-order valence-electron chi connectivity index (χ3n) is 3.14. The summed E-state index contributed by atoms with van der Waals surface area (Å²) in [4.78, 5) is 14.7. The molecule has 2 rings (SSSR count). The average Bonchev–Trinajstić information content (AvgIpc) is 2.79. The van der Waals surface area contributed by atoms with Crippen LogP contribution in [0.4, 0.5) is 5.82 Å². The van der Waals surface area contributed by atoms with E-state index in [9.17, 15) is 0 Å². The number of thiazole rings is 1. The van der Waals surface area contributed by atoms with Crippen LogP contribution in [0.3, 0.4) is 0 Å². The quantitative estimate of drug-likeness (QED) is 0.881. The van der Waals surface area contributed by atoms with Crippen molar-refractivity contribution < 1.29 is 0 Å². The Balaban J connectivity index is 2.15. The summed E-state index contributed by atoms with van der Waals surface area (Å²) in [6, 6.07) is 0. The summed E-state index contributed by atoms with van der Waals surface area (Å²) in [6.45, 7) is 9.10. The van der Waals surface area contributed by atoms with E-state index in [1.165, 1.54) is 16.1 Å². The number of hydrogen-bond donors (Lipinski definition) is 1. The van der Waals surface area contributed by atoms with Crippen molar-refractivity contribution in [2.24, 2.45) is 0 Å². The van der Waals surface area contributed by atoms with Crippen LogP contribution in [0, 0.1) is 13.8 Å². The molecule has 20 heavy (non-hydrogen) atoms. The summed E-state index contributed by atoms with van der Waals surface area (Å²) < 4.78 is 0. The van der Waals surface area contributed by atoms with Gasteiger partial charge in [-0.05, 0) is 26.7 Å². The fourth-order valence-corrected chi connectivity index (χ4v) is 3.16. The highest BCUT2D eigenvalue weighted by atomic mass is 32.1. The van der Waals surface area contributed by atoms with Crippen molar-refractivity contribution in [1.82, 2.24) is 15.0 Å². The lowest BCUT2D eigenvalue weighted by molar-refractivity contribution is 0.885. The number of anilines is 1. The van der Waals surface area contributed by atoms with Crippen molar-refractivity contribution in [3.05, 3.63) is 33.2 Å². The Kier molecular flexibility index (Phi) is 5.06. The molecule has 0 aromatic carbocycles. The molecule has 0 aliphatic carbocycles. The monoisotopic (exact) mass is 290 g/mol. The van der Waals surface area contributed by atoms with Crippen molar-refractivity contribution in [1.29, 1.82) is 0 Å². The first-order chi connectivity index (χ1) is 9.63. The van der Waals surface area contributed by atoms with Gasteiger partial charge in [0, 0.05) is 16.6 Å².